The van der Waals surface area contributed by atoms with Crippen molar-refractivity contribution in [3.8, 4) is 0 Å². The first-order valence-corrected chi connectivity index (χ1v) is 6.28. The number of anilines is 1. The number of likely N-dealkylation sites (N-methyl/N-ethyl adjacent to an activating group) is 1. The summed E-state index contributed by atoms with van der Waals surface area (Å²) in [7, 11) is 1.66. The highest BCUT2D eigenvalue weighted by molar-refractivity contribution is 5.94. The predicted octanol–water partition coefficient (Wildman–Crippen LogP) is 1.75. The maximum atomic E-state index is 12.0. The third-order valence-electron chi connectivity index (χ3n) is 3.06. The molecule has 0 fully saturated rings. The zero-order valence-electron chi connectivity index (χ0n) is 12.2. The van der Waals surface area contributed by atoms with Gasteiger partial charge in [0.1, 0.15) is 0 Å². The Morgan fingerprint density at radius 3 is 2.36 bits per heavy atom. The summed E-state index contributed by atoms with van der Waals surface area (Å²) in [4.78, 5) is 34.1. The number of carbonyl (C=O) groups is 2. The third kappa shape index (κ3) is 6.06. The van der Waals surface area contributed by atoms with Crippen LogP contribution in [0.2, 0.25) is 0 Å². The fourth-order valence-corrected chi connectivity index (χ4v) is 1.58. The van der Waals surface area contributed by atoms with Gasteiger partial charge in [0.2, 0.25) is 5.91 Å². The number of carboxylic acids is 1. The molecule has 0 radical (unpaired) electrons. The van der Waals surface area contributed by atoms with Crippen molar-refractivity contribution in [2.24, 2.45) is 0 Å². The second-order valence-corrected chi connectivity index (χ2v) is 4.59. The van der Waals surface area contributed by atoms with E-state index < -0.39 is 16.9 Å². The Hall–Kier alpha value is -2.19. The second-order valence-electron chi connectivity index (χ2n) is 4.59. The summed E-state index contributed by atoms with van der Waals surface area (Å²) in [5, 5.41) is 21.8. The predicted molar refractivity (Wildman–Crippen MR) is 83.3 cm³/mol. The fourth-order valence-electron chi connectivity index (χ4n) is 1.58. The number of nitro benzene ring substituents is 1. The van der Waals surface area contributed by atoms with Gasteiger partial charge >= 0.3 is 5.97 Å². The third-order valence-corrected chi connectivity index (χ3v) is 3.06. The molecule has 1 aromatic carbocycles. The Bertz CT molecular complexity index is 535. The Balaban J connectivity index is 0.00000441. The minimum Gasteiger partial charge on any atom is -0.481 e. The number of carbonyl (C=O) groups excluding carboxylic acids is 1. The molecular weight excluding hydrogens is 314 g/mol. The van der Waals surface area contributed by atoms with Crippen molar-refractivity contribution < 1.29 is 19.6 Å². The smallest absolute Gasteiger partial charge is 0.304 e. The SMILES string of the molecule is CC(C(=O)Nc1ccc([N+](=O)[O-])cc1)N(C)CCC(=O)O.Cl. The molecule has 0 saturated carbocycles. The lowest BCUT2D eigenvalue weighted by molar-refractivity contribution is -0.384. The average molecular weight is 332 g/mol. The van der Waals surface area contributed by atoms with Crippen LogP contribution in [-0.4, -0.2) is 46.4 Å². The summed E-state index contributed by atoms with van der Waals surface area (Å²) < 4.78 is 0. The van der Waals surface area contributed by atoms with Crippen molar-refractivity contribution in [3.63, 3.8) is 0 Å². The van der Waals surface area contributed by atoms with Gasteiger partial charge in [0, 0.05) is 24.4 Å². The normalized spacial score (nSPS) is 11.4. The molecule has 0 aliphatic rings. The number of nitrogens with one attached hydrogen (secondary N) is 1. The molecule has 2 N–H and O–H groups in total. The number of nitro groups is 1. The maximum absolute atomic E-state index is 12.0. The lowest BCUT2D eigenvalue weighted by atomic mass is 10.2. The number of hydrogen-bond donors (Lipinski definition) is 2. The molecule has 0 aromatic heterocycles. The maximum Gasteiger partial charge on any atom is 0.304 e. The van der Waals surface area contributed by atoms with Gasteiger partial charge in [-0.3, -0.25) is 24.6 Å². The highest BCUT2D eigenvalue weighted by Gasteiger charge is 2.18. The summed E-state index contributed by atoms with van der Waals surface area (Å²) in [6.07, 6.45) is -0.0499. The monoisotopic (exact) mass is 331 g/mol. The molecule has 0 aliphatic carbocycles. The van der Waals surface area contributed by atoms with E-state index in [1.165, 1.54) is 24.3 Å². The number of rotatable bonds is 7. The first kappa shape index (κ1) is 19.8. The van der Waals surface area contributed by atoms with E-state index in [9.17, 15) is 19.7 Å². The summed E-state index contributed by atoms with van der Waals surface area (Å²) >= 11 is 0. The van der Waals surface area contributed by atoms with Gasteiger partial charge in [-0.15, -0.1) is 12.4 Å². The lowest BCUT2D eigenvalue weighted by Crippen LogP contribution is -2.40. The van der Waals surface area contributed by atoms with E-state index in [2.05, 4.69) is 5.32 Å². The molecule has 0 saturated heterocycles. The van der Waals surface area contributed by atoms with Crippen LogP contribution >= 0.6 is 12.4 Å². The van der Waals surface area contributed by atoms with Gasteiger partial charge in [0.15, 0.2) is 0 Å². The molecule has 9 heteroatoms. The van der Waals surface area contributed by atoms with Gasteiger partial charge in [-0.05, 0) is 26.1 Å². The Morgan fingerprint density at radius 1 is 1.36 bits per heavy atom. The van der Waals surface area contributed by atoms with Crippen molar-refractivity contribution in [3.05, 3.63) is 34.4 Å². The highest BCUT2D eigenvalue weighted by Crippen LogP contribution is 2.15. The van der Waals surface area contributed by atoms with Crippen molar-refractivity contribution in [1.82, 2.24) is 4.90 Å². The molecule has 0 bridgehead atoms. The number of benzene rings is 1. The van der Waals surface area contributed by atoms with Crippen molar-refractivity contribution >= 4 is 35.7 Å². The van der Waals surface area contributed by atoms with Crippen molar-refractivity contribution in [1.29, 1.82) is 0 Å². The van der Waals surface area contributed by atoms with E-state index in [0.29, 0.717) is 5.69 Å². The quantitative estimate of drug-likeness (QED) is 0.581. The van der Waals surface area contributed by atoms with Crippen LogP contribution in [-0.2, 0) is 9.59 Å². The van der Waals surface area contributed by atoms with Crippen molar-refractivity contribution in [2.75, 3.05) is 18.9 Å². The molecule has 8 nitrogen and oxygen atoms in total. The van der Waals surface area contributed by atoms with Crippen LogP contribution < -0.4 is 5.32 Å². The van der Waals surface area contributed by atoms with E-state index in [1.807, 2.05) is 0 Å². The molecule has 1 amide bonds. The molecule has 0 spiro atoms. The number of nitrogens with zero attached hydrogens (tertiary/aromatic N) is 2. The number of aliphatic carboxylic acids is 1. The van der Waals surface area contributed by atoms with Crippen LogP contribution in [0.15, 0.2) is 24.3 Å². The summed E-state index contributed by atoms with van der Waals surface area (Å²) in [5.41, 5.74) is 0.392. The largest absolute Gasteiger partial charge is 0.481 e. The Labute approximate surface area is 133 Å². The van der Waals surface area contributed by atoms with Crippen molar-refractivity contribution in [2.45, 2.75) is 19.4 Å². The molecule has 1 aromatic rings. The summed E-state index contributed by atoms with van der Waals surface area (Å²) in [5.74, 6) is -1.23. The van der Waals surface area contributed by atoms with Gasteiger partial charge in [0.25, 0.3) is 5.69 Å². The molecule has 1 atom stereocenters. The summed E-state index contributed by atoms with van der Waals surface area (Å²) in [6, 6.07) is 4.97. The first-order valence-electron chi connectivity index (χ1n) is 6.28. The van der Waals surface area contributed by atoms with E-state index >= 15 is 0 Å². The lowest BCUT2D eigenvalue weighted by Gasteiger charge is -2.23. The Kier molecular flexibility index (Phi) is 8.06. The number of amides is 1. The molecule has 0 aliphatic heterocycles. The van der Waals surface area contributed by atoms with Crippen LogP contribution in [0.3, 0.4) is 0 Å². The highest BCUT2D eigenvalue weighted by atomic mass is 35.5. The van der Waals surface area contributed by atoms with Gasteiger partial charge in [-0.2, -0.15) is 0 Å². The number of carboxylic acid groups (broad SMARTS) is 1. The first-order chi connectivity index (χ1) is 9.81. The number of non-ortho nitro benzene ring substituents is 1. The number of hydrogen-bond acceptors (Lipinski definition) is 5. The topological polar surface area (TPSA) is 113 Å². The minimum atomic E-state index is -0.926. The van der Waals surface area contributed by atoms with E-state index in [1.54, 1.807) is 18.9 Å². The molecule has 1 rings (SSSR count). The minimum absolute atomic E-state index is 0. The molecule has 22 heavy (non-hydrogen) atoms. The van der Waals surface area contributed by atoms with Crippen LogP contribution in [0.1, 0.15) is 13.3 Å². The number of halogens is 1. The van der Waals surface area contributed by atoms with Crippen LogP contribution in [0.5, 0.6) is 0 Å². The van der Waals surface area contributed by atoms with Gasteiger partial charge < -0.3 is 10.4 Å². The van der Waals surface area contributed by atoms with Crippen LogP contribution in [0, 0.1) is 10.1 Å². The molecular formula is C13H18ClN3O5. The van der Waals surface area contributed by atoms with E-state index in [4.69, 9.17) is 5.11 Å². The fraction of sp³-hybridized carbons (Fsp3) is 0.385. The van der Waals surface area contributed by atoms with Gasteiger partial charge in [-0.1, -0.05) is 0 Å². The van der Waals surface area contributed by atoms with Gasteiger partial charge in [0.05, 0.1) is 17.4 Å². The van der Waals surface area contributed by atoms with Gasteiger partial charge in [-0.25, -0.2) is 0 Å². The summed E-state index contributed by atoms with van der Waals surface area (Å²) in [6.45, 7) is 1.91. The average Bonchev–Trinajstić information content (AvgIpc) is 2.44. The molecule has 1 unspecified atom stereocenters. The van der Waals surface area contributed by atoms with Crippen LogP contribution in [0.25, 0.3) is 0 Å². The molecule has 122 valence electrons. The molecule has 0 heterocycles. The second kappa shape index (κ2) is 8.96. The van der Waals surface area contributed by atoms with E-state index in [-0.39, 0.29) is 37.0 Å². The van der Waals surface area contributed by atoms with Crippen LogP contribution in [0.4, 0.5) is 11.4 Å². The Morgan fingerprint density at radius 2 is 1.91 bits per heavy atom. The zero-order chi connectivity index (χ0) is 16.0. The standard InChI is InChI=1S/C13H17N3O5.ClH/c1-9(15(2)8-7-12(17)18)13(19)14-10-3-5-11(6-4-10)16(20)21;/h3-6,9H,7-8H2,1-2H3,(H,14,19)(H,17,18);1H. The van der Waals surface area contributed by atoms with E-state index in [0.717, 1.165) is 0 Å². The zero-order valence-corrected chi connectivity index (χ0v) is 13.0.